The van der Waals surface area contributed by atoms with Gasteiger partial charge in [0.2, 0.25) is 5.43 Å². The molecule has 0 aliphatic carbocycles. The van der Waals surface area contributed by atoms with Gasteiger partial charge in [-0.2, -0.15) is 0 Å². The summed E-state index contributed by atoms with van der Waals surface area (Å²) in [6.07, 6.45) is 1.29. The number of nitrogens with one attached hydrogen (secondary N) is 1. The number of methoxy groups -OCH3 is 1. The summed E-state index contributed by atoms with van der Waals surface area (Å²) in [6.45, 7) is 3.87. The molecule has 33 heavy (non-hydrogen) atoms. The number of pyridine rings is 1. The maximum absolute atomic E-state index is 14.7. The van der Waals surface area contributed by atoms with E-state index in [9.17, 15) is 18.4 Å². The lowest BCUT2D eigenvalue weighted by Gasteiger charge is -2.26. The minimum atomic E-state index is -0.872. The van der Waals surface area contributed by atoms with Crippen molar-refractivity contribution in [3.05, 3.63) is 75.6 Å². The van der Waals surface area contributed by atoms with Gasteiger partial charge in [0, 0.05) is 38.9 Å². The number of rotatable bonds is 7. The zero-order valence-electron chi connectivity index (χ0n) is 18.3. The third-order valence-electron chi connectivity index (χ3n) is 5.70. The van der Waals surface area contributed by atoms with Crippen molar-refractivity contribution in [2.75, 3.05) is 46.5 Å². The lowest BCUT2D eigenvalue weighted by molar-refractivity contribution is 0.0383. The molecule has 9 heteroatoms. The quantitative estimate of drug-likeness (QED) is 0.590. The van der Waals surface area contributed by atoms with Crippen LogP contribution in [0.25, 0.3) is 10.9 Å². The van der Waals surface area contributed by atoms with Crippen molar-refractivity contribution in [1.82, 2.24) is 14.8 Å². The zero-order valence-corrected chi connectivity index (χ0v) is 18.3. The van der Waals surface area contributed by atoms with Crippen molar-refractivity contribution in [2.24, 2.45) is 0 Å². The van der Waals surface area contributed by atoms with Crippen LogP contribution in [0.1, 0.15) is 15.9 Å². The highest BCUT2D eigenvalue weighted by atomic mass is 19.1. The van der Waals surface area contributed by atoms with Crippen LogP contribution in [0.3, 0.4) is 0 Å². The van der Waals surface area contributed by atoms with Gasteiger partial charge in [-0.25, -0.2) is 8.78 Å². The van der Waals surface area contributed by atoms with E-state index in [4.69, 9.17) is 9.47 Å². The Morgan fingerprint density at radius 1 is 1.09 bits per heavy atom. The second kappa shape index (κ2) is 10.1. The van der Waals surface area contributed by atoms with Crippen molar-refractivity contribution < 1.29 is 23.0 Å². The molecular weight excluding hydrogens is 432 g/mol. The molecule has 2 aromatic carbocycles. The number of carbonyl (C=O) groups is 1. The van der Waals surface area contributed by atoms with Crippen molar-refractivity contribution in [3.8, 4) is 5.75 Å². The molecule has 1 saturated heterocycles. The third-order valence-corrected chi connectivity index (χ3v) is 5.70. The maximum Gasteiger partial charge on any atom is 0.256 e. The normalized spacial score (nSPS) is 14.4. The molecule has 0 bridgehead atoms. The summed E-state index contributed by atoms with van der Waals surface area (Å²) in [6, 6.07) is 8.93. The number of halogens is 2. The second-order valence-corrected chi connectivity index (χ2v) is 7.81. The first-order valence-corrected chi connectivity index (χ1v) is 10.7. The number of amides is 1. The van der Waals surface area contributed by atoms with Gasteiger partial charge in [0.15, 0.2) is 0 Å². The van der Waals surface area contributed by atoms with Crippen LogP contribution in [0.4, 0.5) is 8.78 Å². The Morgan fingerprint density at radius 2 is 1.79 bits per heavy atom. The van der Waals surface area contributed by atoms with Crippen LogP contribution in [0.2, 0.25) is 0 Å². The first-order chi connectivity index (χ1) is 16.0. The van der Waals surface area contributed by atoms with Crippen LogP contribution in [0.15, 0.2) is 47.4 Å². The molecule has 7 nitrogen and oxygen atoms in total. The molecule has 1 aliphatic heterocycles. The van der Waals surface area contributed by atoms with Crippen LogP contribution in [0.5, 0.6) is 5.75 Å². The predicted molar refractivity (Wildman–Crippen MR) is 120 cm³/mol. The number of carbonyl (C=O) groups excluding carboxylic acids is 1. The fourth-order valence-electron chi connectivity index (χ4n) is 3.91. The molecule has 0 saturated carbocycles. The molecule has 1 N–H and O–H groups in total. The highest BCUT2D eigenvalue weighted by molar-refractivity contribution is 5.97. The van der Waals surface area contributed by atoms with Gasteiger partial charge in [-0.15, -0.1) is 0 Å². The van der Waals surface area contributed by atoms with E-state index >= 15 is 0 Å². The summed E-state index contributed by atoms with van der Waals surface area (Å²) in [5.41, 5.74) is -0.483. The van der Waals surface area contributed by atoms with Crippen LogP contribution < -0.4 is 15.5 Å². The molecule has 1 aliphatic rings. The number of fused-ring (bicyclic) bond motifs is 1. The van der Waals surface area contributed by atoms with E-state index in [1.54, 1.807) is 31.4 Å². The summed E-state index contributed by atoms with van der Waals surface area (Å²) >= 11 is 0. The molecule has 1 aromatic heterocycles. The van der Waals surface area contributed by atoms with Crippen molar-refractivity contribution in [1.29, 1.82) is 0 Å². The smallest absolute Gasteiger partial charge is 0.256 e. The van der Waals surface area contributed by atoms with Gasteiger partial charge in [0.25, 0.3) is 5.91 Å². The van der Waals surface area contributed by atoms with Crippen molar-refractivity contribution >= 4 is 16.8 Å². The number of aromatic nitrogens is 1. The molecule has 0 unspecified atom stereocenters. The molecular formula is C24H25F2N3O4. The number of ether oxygens (including phenoxy) is 2. The van der Waals surface area contributed by atoms with Crippen LogP contribution in [0, 0.1) is 11.6 Å². The number of hydrogen-bond acceptors (Lipinski definition) is 5. The largest absolute Gasteiger partial charge is 0.497 e. The van der Waals surface area contributed by atoms with E-state index in [2.05, 4.69) is 10.2 Å². The third kappa shape index (κ3) is 5.04. The summed E-state index contributed by atoms with van der Waals surface area (Å²) in [5.74, 6) is -1.58. The first-order valence-electron chi connectivity index (χ1n) is 10.7. The molecule has 1 fully saturated rings. The number of benzene rings is 2. The van der Waals surface area contributed by atoms with E-state index in [0.717, 1.165) is 30.8 Å². The Hall–Kier alpha value is -3.30. The first kappa shape index (κ1) is 22.9. The SMILES string of the molecule is COc1ccc(Cn2cc(C(=O)NCCN3CCOCC3)c(=O)c3c(F)ccc(F)c32)cc1. The molecule has 174 valence electrons. The minimum absolute atomic E-state index is 0.134. The van der Waals surface area contributed by atoms with Gasteiger partial charge in [-0.3, -0.25) is 14.5 Å². The van der Waals surface area contributed by atoms with E-state index in [1.807, 2.05) is 0 Å². The van der Waals surface area contributed by atoms with Gasteiger partial charge in [0.05, 0.1) is 31.2 Å². The fourth-order valence-corrected chi connectivity index (χ4v) is 3.91. The van der Waals surface area contributed by atoms with Crippen LogP contribution >= 0.6 is 0 Å². The average Bonchev–Trinajstić information content (AvgIpc) is 2.83. The molecule has 0 spiro atoms. The number of nitrogens with zero attached hydrogens (tertiary/aromatic N) is 2. The van der Waals surface area contributed by atoms with Gasteiger partial charge >= 0.3 is 0 Å². The number of hydrogen-bond donors (Lipinski definition) is 1. The molecule has 2 heterocycles. The maximum atomic E-state index is 14.7. The molecule has 0 atom stereocenters. The Morgan fingerprint density at radius 3 is 2.48 bits per heavy atom. The summed E-state index contributed by atoms with van der Waals surface area (Å²) in [5, 5.41) is 2.28. The Balaban J connectivity index is 1.65. The summed E-state index contributed by atoms with van der Waals surface area (Å²) in [4.78, 5) is 27.9. The topological polar surface area (TPSA) is 72.8 Å². The van der Waals surface area contributed by atoms with Gasteiger partial charge < -0.3 is 19.4 Å². The van der Waals surface area contributed by atoms with E-state index in [1.165, 1.54) is 10.8 Å². The number of morpholine rings is 1. The van der Waals surface area contributed by atoms with Crippen LogP contribution in [-0.2, 0) is 11.3 Å². The van der Waals surface area contributed by atoms with Gasteiger partial charge in [-0.1, -0.05) is 12.1 Å². The molecule has 0 radical (unpaired) electrons. The van der Waals surface area contributed by atoms with Crippen molar-refractivity contribution in [3.63, 3.8) is 0 Å². The van der Waals surface area contributed by atoms with E-state index in [-0.39, 0.29) is 17.6 Å². The minimum Gasteiger partial charge on any atom is -0.497 e. The van der Waals surface area contributed by atoms with E-state index in [0.29, 0.717) is 32.1 Å². The Bertz CT molecular complexity index is 1210. The fraction of sp³-hybridized carbons (Fsp3) is 0.333. The summed E-state index contributed by atoms with van der Waals surface area (Å²) < 4.78 is 41.2. The average molecular weight is 457 g/mol. The highest BCUT2D eigenvalue weighted by Crippen LogP contribution is 2.21. The highest BCUT2D eigenvalue weighted by Gasteiger charge is 2.21. The second-order valence-electron chi connectivity index (χ2n) is 7.81. The lowest BCUT2D eigenvalue weighted by atomic mass is 10.1. The lowest BCUT2D eigenvalue weighted by Crippen LogP contribution is -2.42. The Kier molecular flexibility index (Phi) is 7.00. The molecule has 4 rings (SSSR count). The van der Waals surface area contributed by atoms with E-state index < -0.39 is 28.4 Å². The molecule has 3 aromatic rings. The summed E-state index contributed by atoms with van der Waals surface area (Å²) in [7, 11) is 1.55. The Labute approximate surface area is 189 Å². The van der Waals surface area contributed by atoms with Crippen molar-refractivity contribution in [2.45, 2.75) is 6.54 Å². The monoisotopic (exact) mass is 457 g/mol. The van der Waals surface area contributed by atoms with Crippen LogP contribution in [-0.4, -0.2) is 61.9 Å². The molecule has 1 amide bonds. The standard InChI is InChI=1S/C24H25F2N3O4/c1-32-17-4-2-16(3-5-17)14-29-15-18(23(30)21-19(25)6-7-20(26)22(21)29)24(31)27-8-9-28-10-12-33-13-11-28/h2-7,15H,8-14H2,1H3,(H,27,31). The zero-order chi connectivity index (χ0) is 23.4. The van der Waals surface area contributed by atoms with Gasteiger partial charge in [-0.05, 0) is 29.8 Å². The van der Waals surface area contributed by atoms with Gasteiger partial charge in [0.1, 0.15) is 22.9 Å². The predicted octanol–water partition coefficient (Wildman–Crippen LogP) is 2.40.